The van der Waals surface area contributed by atoms with Crippen LogP contribution in [0.2, 0.25) is 0 Å². The van der Waals surface area contributed by atoms with Crippen LogP contribution in [0.25, 0.3) is 0 Å². The largest absolute Gasteiger partial charge is 0.480 e. The molecule has 2 N–H and O–H groups in total. The molecule has 0 fully saturated rings. The summed E-state index contributed by atoms with van der Waals surface area (Å²) in [5, 5.41) is 10.9. The van der Waals surface area contributed by atoms with Crippen LogP contribution in [0.3, 0.4) is 0 Å². The van der Waals surface area contributed by atoms with Crippen molar-refractivity contribution >= 4 is 11.9 Å². The molecule has 0 heterocycles. The molecular weight excluding hydrogens is 315 g/mol. The van der Waals surface area contributed by atoms with Crippen molar-refractivity contribution in [2.75, 3.05) is 19.8 Å². The minimum absolute atomic E-state index is 0.00326. The molecule has 0 saturated heterocycles. The van der Waals surface area contributed by atoms with Crippen LogP contribution in [0.1, 0.15) is 25.0 Å². The van der Waals surface area contributed by atoms with Crippen molar-refractivity contribution in [3.05, 3.63) is 35.4 Å². The van der Waals surface area contributed by atoms with Crippen molar-refractivity contribution in [1.82, 2.24) is 5.32 Å². The predicted molar refractivity (Wildman–Crippen MR) is 75.9 cm³/mol. The number of carbonyl (C=O) groups is 2. The maximum atomic E-state index is 12.7. The molecule has 1 amide bonds. The highest BCUT2D eigenvalue weighted by atomic mass is 19.4. The standard InChI is InChI=1S/C15H18F3NO4/c1-14(2,13(22)19-6-7-23-9-12(20)21)10-4-3-5-11(8-10)15(16,17)18/h3-5,8H,6-7,9H2,1-2H3,(H,19,22)(H,20,21). The van der Waals surface area contributed by atoms with Crippen LogP contribution >= 0.6 is 0 Å². The number of hydrogen-bond acceptors (Lipinski definition) is 3. The fourth-order valence-corrected chi connectivity index (χ4v) is 1.83. The third kappa shape index (κ3) is 5.55. The first-order valence-corrected chi connectivity index (χ1v) is 6.80. The number of rotatable bonds is 7. The lowest BCUT2D eigenvalue weighted by molar-refractivity contribution is -0.142. The third-order valence-corrected chi connectivity index (χ3v) is 3.24. The van der Waals surface area contributed by atoms with E-state index in [1.807, 2.05) is 0 Å². The van der Waals surface area contributed by atoms with E-state index in [1.165, 1.54) is 26.0 Å². The molecule has 23 heavy (non-hydrogen) atoms. The first-order chi connectivity index (χ1) is 10.5. The molecule has 8 heteroatoms. The Labute approximate surface area is 131 Å². The van der Waals surface area contributed by atoms with E-state index >= 15 is 0 Å². The number of carbonyl (C=O) groups excluding carboxylic acids is 1. The second-order valence-corrected chi connectivity index (χ2v) is 5.41. The van der Waals surface area contributed by atoms with E-state index in [-0.39, 0.29) is 18.7 Å². The van der Waals surface area contributed by atoms with Crippen LogP contribution in [0, 0.1) is 0 Å². The molecule has 0 aliphatic rings. The van der Waals surface area contributed by atoms with Gasteiger partial charge in [-0.15, -0.1) is 0 Å². The Bertz CT molecular complexity index is 570. The fraction of sp³-hybridized carbons (Fsp3) is 0.467. The molecule has 0 aliphatic carbocycles. The van der Waals surface area contributed by atoms with Gasteiger partial charge < -0.3 is 15.2 Å². The van der Waals surface area contributed by atoms with Crippen molar-refractivity contribution in [3.63, 3.8) is 0 Å². The van der Waals surface area contributed by atoms with E-state index < -0.39 is 35.6 Å². The summed E-state index contributed by atoms with van der Waals surface area (Å²) >= 11 is 0. The predicted octanol–water partition coefficient (Wildman–Crippen LogP) is 2.20. The lowest BCUT2D eigenvalue weighted by Crippen LogP contribution is -2.41. The normalized spacial score (nSPS) is 12.0. The van der Waals surface area contributed by atoms with Gasteiger partial charge in [-0.25, -0.2) is 4.79 Å². The lowest BCUT2D eigenvalue weighted by atomic mass is 9.83. The summed E-state index contributed by atoms with van der Waals surface area (Å²) in [5.41, 5.74) is -1.76. The minimum atomic E-state index is -4.48. The average molecular weight is 333 g/mol. The van der Waals surface area contributed by atoms with E-state index in [2.05, 4.69) is 5.32 Å². The van der Waals surface area contributed by atoms with Crippen molar-refractivity contribution in [2.45, 2.75) is 25.4 Å². The van der Waals surface area contributed by atoms with Gasteiger partial charge in [-0.2, -0.15) is 13.2 Å². The maximum Gasteiger partial charge on any atom is 0.416 e. The number of carboxylic acids is 1. The Morgan fingerprint density at radius 3 is 2.39 bits per heavy atom. The second kappa shape index (κ2) is 7.45. The molecular formula is C15H18F3NO4. The number of alkyl halides is 3. The first-order valence-electron chi connectivity index (χ1n) is 6.80. The average Bonchev–Trinajstić information content (AvgIpc) is 2.45. The molecule has 1 aromatic carbocycles. The topological polar surface area (TPSA) is 75.6 Å². The quantitative estimate of drug-likeness (QED) is 0.750. The monoisotopic (exact) mass is 333 g/mol. The third-order valence-electron chi connectivity index (χ3n) is 3.24. The Kier molecular flexibility index (Phi) is 6.14. The SMILES string of the molecule is CC(C)(C(=O)NCCOCC(=O)O)c1cccc(C(F)(F)F)c1. The molecule has 0 unspecified atom stereocenters. The van der Waals surface area contributed by atoms with Gasteiger partial charge in [-0.05, 0) is 25.5 Å². The van der Waals surface area contributed by atoms with Crippen LogP contribution in [-0.2, 0) is 25.9 Å². The fourth-order valence-electron chi connectivity index (χ4n) is 1.83. The summed E-state index contributed by atoms with van der Waals surface area (Å²) in [6, 6.07) is 4.59. The molecule has 0 spiro atoms. The number of ether oxygens (including phenoxy) is 1. The number of amides is 1. The summed E-state index contributed by atoms with van der Waals surface area (Å²) in [7, 11) is 0. The second-order valence-electron chi connectivity index (χ2n) is 5.41. The highest BCUT2D eigenvalue weighted by Crippen LogP contribution is 2.32. The number of halogens is 3. The lowest BCUT2D eigenvalue weighted by Gasteiger charge is -2.25. The van der Waals surface area contributed by atoms with Crippen molar-refractivity contribution in [3.8, 4) is 0 Å². The van der Waals surface area contributed by atoms with Crippen molar-refractivity contribution in [1.29, 1.82) is 0 Å². The van der Waals surface area contributed by atoms with Gasteiger partial charge in [0.25, 0.3) is 0 Å². The molecule has 0 atom stereocenters. The zero-order valence-corrected chi connectivity index (χ0v) is 12.7. The Morgan fingerprint density at radius 1 is 1.22 bits per heavy atom. The molecule has 0 saturated carbocycles. The smallest absolute Gasteiger partial charge is 0.416 e. The van der Waals surface area contributed by atoms with Gasteiger partial charge in [-0.3, -0.25) is 4.79 Å². The summed E-state index contributed by atoms with van der Waals surface area (Å²) in [4.78, 5) is 22.4. The van der Waals surface area contributed by atoms with Gasteiger partial charge >= 0.3 is 12.1 Å². The van der Waals surface area contributed by atoms with Crippen LogP contribution in [0.15, 0.2) is 24.3 Å². The Balaban J connectivity index is 2.70. The summed E-state index contributed by atoms with van der Waals surface area (Å²) < 4.78 is 43.0. The number of aliphatic carboxylic acids is 1. The Hall–Kier alpha value is -2.09. The Morgan fingerprint density at radius 2 is 1.83 bits per heavy atom. The van der Waals surface area contributed by atoms with E-state index in [4.69, 9.17) is 9.84 Å². The van der Waals surface area contributed by atoms with Gasteiger partial charge in [-0.1, -0.05) is 18.2 Å². The first kappa shape index (κ1) is 19.0. The summed E-state index contributed by atoms with van der Waals surface area (Å²) in [6.07, 6.45) is -4.48. The van der Waals surface area contributed by atoms with Gasteiger partial charge in [0.1, 0.15) is 6.61 Å². The minimum Gasteiger partial charge on any atom is -0.480 e. The van der Waals surface area contributed by atoms with Gasteiger partial charge in [0.05, 0.1) is 17.6 Å². The van der Waals surface area contributed by atoms with Crippen LogP contribution in [-0.4, -0.2) is 36.7 Å². The van der Waals surface area contributed by atoms with Gasteiger partial charge in [0, 0.05) is 6.54 Å². The molecule has 1 rings (SSSR count). The zero-order valence-electron chi connectivity index (χ0n) is 12.7. The number of nitrogens with one attached hydrogen (secondary N) is 1. The molecule has 0 bridgehead atoms. The van der Waals surface area contributed by atoms with Gasteiger partial charge in [0.2, 0.25) is 5.91 Å². The zero-order chi connectivity index (χ0) is 17.7. The molecule has 5 nitrogen and oxygen atoms in total. The molecule has 1 aromatic rings. The van der Waals surface area contributed by atoms with Crippen molar-refractivity contribution in [2.24, 2.45) is 0 Å². The number of hydrogen-bond donors (Lipinski definition) is 2. The van der Waals surface area contributed by atoms with Crippen LogP contribution in [0.4, 0.5) is 13.2 Å². The van der Waals surface area contributed by atoms with E-state index in [0.29, 0.717) is 0 Å². The van der Waals surface area contributed by atoms with Crippen LogP contribution < -0.4 is 5.32 Å². The van der Waals surface area contributed by atoms with Crippen molar-refractivity contribution < 1.29 is 32.6 Å². The summed E-state index contributed by atoms with van der Waals surface area (Å²) in [6.45, 7) is 2.60. The molecule has 128 valence electrons. The molecule has 0 aromatic heterocycles. The van der Waals surface area contributed by atoms with E-state index in [9.17, 15) is 22.8 Å². The van der Waals surface area contributed by atoms with Crippen LogP contribution in [0.5, 0.6) is 0 Å². The number of carboxylic acid groups (broad SMARTS) is 1. The number of benzene rings is 1. The summed E-state index contributed by atoms with van der Waals surface area (Å²) in [5.74, 6) is -1.60. The molecule has 0 radical (unpaired) electrons. The highest BCUT2D eigenvalue weighted by molar-refractivity contribution is 5.87. The van der Waals surface area contributed by atoms with Gasteiger partial charge in [0.15, 0.2) is 0 Å². The van der Waals surface area contributed by atoms with E-state index in [0.717, 1.165) is 12.1 Å². The van der Waals surface area contributed by atoms with E-state index in [1.54, 1.807) is 0 Å². The maximum absolute atomic E-state index is 12.7. The molecule has 0 aliphatic heterocycles. The highest BCUT2D eigenvalue weighted by Gasteiger charge is 2.34.